The quantitative estimate of drug-likeness (QED) is 0.586. The molecule has 1 amide bonds. The third-order valence-corrected chi connectivity index (χ3v) is 4.60. The Morgan fingerprint density at radius 3 is 2.48 bits per heavy atom. The van der Waals surface area contributed by atoms with Gasteiger partial charge in [0.25, 0.3) is 5.91 Å². The molecule has 1 N–H and O–H groups in total. The van der Waals surface area contributed by atoms with E-state index in [1.54, 1.807) is 19.2 Å². The van der Waals surface area contributed by atoms with Crippen molar-refractivity contribution in [1.82, 2.24) is 14.5 Å². The fourth-order valence-electron chi connectivity index (χ4n) is 3.05. The maximum absolute atomic E-state index is 12.8. The number of aryl methyl sites for hydroxylation is 2. The predicted molar refractivity (Wildman–Crippen MR) is 106 cm³/mol. The number of halogens is 1. The number of para-hydroxylation sites is 2. The largest absolute Gasteiger partial charge is 0.456 e. The van der Waals surface area contributed by atoms with Crippen molar-refractivity contribution in [3.8, 4) is 0 Å². The van der Waals surface area contributed by atoms with Crippen LogP contribution in [0.3, 0.4) is 0 Å². The summed E-state index contributed by atoms with van der Waals surface area (Å²) in [6.45, 7) is 0.144. The van der Waals surface area contributed by atoms with Crippen molar-refractivity contribution < 1.29 is 18.7 Å². The fraction of sp³-hybridized carbons (Fsp3) is 0.286. The Morgan fingerprint density at radius 1 is 1.07 bits per heavy atom. The van der Waals surface area contributed by atoms with E-state index in [0.717, 1.165) is 16.6 Å². The second kappa shape index (κ2) is 9.18. The molecule has 0 fully saturated rings. The SMILES string of the molecule is Cn1c(=O)n(CCC(=O)OCC(=O)NCCc2ccc(F)cc2)c2ccccc21. The van der Waals surface area contributed by atoms with E-state index in [1.807, 2.05) is 24.3 Å². The van der Waals surface area contributed by atoms with Gasteiger partial charge in [-0.2, -0.15) is 0 Å². The van der Waals surface area contributed by atoms with Crippen molar-refractivity contribution in [2.24, 2.45) is 7.05 Å². The van der Waals surface area contributed by atoms with Gasteiger partial charge in [0.15, 0.2) is 6.61 Å². The number of imidazole rings is 1. The van der Waals surface area contributed by atoms with E-state index in [-0.39, 0.29) is 31.1 Å². The van der Waals surface area contributed by atoms with Crippen LogP contribution in [-0.2, 0) is 34.3 Å². The molecule has 0 saturated carbocycles. The zero-order valence-electron chi connectivity index (χ0n) is 16.1. The first-order valence-corrected chi connectivity index (χ1v) is 9.26. The van der Waals surface area contributed by atoms with Gasteiger partial charge in [0, 0.05) is 20.1 Å². The average molecular weight is 399 g/mol. The summed E-state index contributed by atoms with van der Waals surface area (Å²) in [5.74, 6) is -1.28. The Labute approximate surface area is 166 Å². The zero-order valence-corrected chi connectivity index (χ0v) is 16.1. The smallest absolute Gasteiger partial charge is 0.328 e. The van der Waals surface area contributed by atoms with Gasteiger partial charge in [-0.05, 0) is 36.2 Å². The third-order valence-electron chi connectivity index (χ3n) is 4.60. The summed E-state index contributed by atoms with van der Waals surface area (Å²) in [5, 5.41) is 2.64. The number of aromatic nitrogens is 2. The van der Waals surface area contributed by atoms with Gasteiger partial charge >= 0.3 is 11.7 Å². The summed E-state index contributed by atoms with van der Waals surface area (Å²) in [7, 11) is 1.68. The van der Waals surface area contributed by atoms with Crippen LogP contribution in [-0.4, -0.2) is 34.2 Å². The summed E-state index contributed by atoms with van der Waals surface area (Å²) in [6, 6.07) is 13.3. The molecule has 3 aromatic rings. The first kappa shape index (κ1) is 20.3. The molecular formula is C21H22FN3O4. The minimum atomic E-state index is -0.557. The number of carbonyl (C=O) groups is 2. The highest BCUT2D eigenvalue weighted by Gasteiger charge is 2.13. The van der Waals surface area contributed by atoms with Crippen LogP contribution in [0.1, 0.15) is 12.0 Å². The molecule has 3 rings (SSSR count). The van der Waals surface area contributed by atoms with Crippen molar-refractivity contribution in [1.29, 1.82) is 0 Å². The number of fused-ring (bicyclic) bond motifs is 1. The number of amides is 1. The fourth-order valence-corrected chi connectivity index (χ4v) is 3.05. The molecule has 0 aliphatic rings. The minimum absolute atomic E-state index is 0.0171. The molecule has 1 aromatic heterocycles. The zero-order chi connectivity index (χ0) is 20.8. The Bertz CT molecular complexity index is 1070. The minimum Gasteiger partial charge on any atom is -0.456 e. The molecule has 0 bridgehead atoms. The molecule has 0 atom stereocenters. The normalized spacial score (nSPS) is 10.8. The van der Waals surface area contributed by atoms with Gasteiger partial charge < -0.3 is 10.1 Å². The number of rotatable bonds is 8. The van der Waals surface area contributed by atoms with Gasteiger partial charge in [-0.1, -0.05) is 24.3 Å². The molecule has 0 spiro atoms. The third kappa shape index (κ3) is 5.10. The molecule has 29 heavy (non-hydrogen) atoms. The van der Waals surface area contributed by atoms with E-state index < -0.39 is 11.9 Å². The predicted octanol–water partition coefficient (Wildman–Crippen LogP) is 1.77. The lowest BCUT2D eigenvalue weighted by Crippen LogP contribution is -2.30. The van der Waals surface area contributed by atoms with Crippen LogP contribution in [0.5, 0.6) is 0 Å². The maximum Gasteiger partial charge on any atom is 0.328 e. The van der Waals surface area contributed by atoms with Crippen LogP contribution in [0.25, 0.3) is 11.0 Å². The van der Waals surface area contributed by atoms with Crippen LogP contribution in [0.2, 0.25) is 0 Å². The van der Waals surface area contributed by atoms with Gasteiger partial charge in [0.05, 0.1) is 17.5 Å². The number of nitrogens with one attached hydrogen (secondary N) is 1. The highest BCUT2D eigenvalue weighted by molar-refractivity contribution is 5.80. The standard InChI is InChI=1S/C21H22FN3O4/c1-24-17-4-2-3-5-18(17)25(21(24)28)13-11-20(27)29-14-19(26)23-12-10-15-6-8-16(22)9-7-15/h2-9H,10-14H2,1H3,(H,23,26). The van der Waals surface area contributed by atoms with Crippen molar-refractivity contribution in [3.63, 3.8) is 0 Å². The molecule has 0 saturated heterocycles. The van der Waals surface area contributed by atoms with Gasteiger partial charge in [-0.15, -0.1) is 0 Å². The topological polar surface area (TPSA) is 82.3 Å². The van der Waals surface area contributed by atoms with Crippen LogP contribution in [0.4, 0.5) is 4.39 Å². The number of hydrogen-bond acceptors (Lipinski definition) is 4. The van der Waals surface area contributed by atoms with Gasteiger partial charge in [-0.25, -0.2) is 9.18 Å². The van der Waals surface area contributed by atoms with E-state index in [0.29, 0.717) is 13.0 Å². The molecule has 0 radical (unpaired) electrons. The highest BCUT2D eigenvalue weighted by atomic mass is 19.1. The van der Waals surface area contributed by atoms with Gasteiger partial charge in [0.1, 0.15) is 5.82 Å². The Balaban J connectivity index is 1.42. The number of carbonyl (C=O) groups excluding carboxylic acids is 2. The lowest BCUT2D eigenvalue weighted by atomic mass is 10.1. The van der Waals surface area contributed by atoms with Crippen molar-refractivity contribution in [2.75, 3.05) is 13.2 Å². The first-order chi connectivity index (χ1) is 14.0. The van der Waals surface area contributed by atoms with E-state index in [2.05, 4.69) is 5.32 Å². The number of hydrogen-bond donors (Lipinski definition) is 1. The number of nitrogens with zero attached hydrogens (tertiary/aromatic N) is 2. The summed E-state index contributed by atoms with van der Waals surface area (Å²) >= 11 is 0. The van der Waals surface area contributed by atoms with E-state index in [9.17, 15) is 18.8 Å². The lowest BCUT2D eigenvalue weighted by molar-refractivity contribution is -0.148. The second-order valence-electron chi connectivity index (χ2n) is 6.62. The first-order valence-electron chi connectivity index (χ1n) is 9.26. The molecular weight excluding hydrogens is 377 g/mol. The highest BCUT2D eigenvalue weighted by Crippen LogP contribution is 2.11. The van der Waals surface area contributed by atoms with Crippen LogP contribution >= 0.6 is 0 Å². The Hall–Kier alpha value is -3.42. The van der Waals surface area contributed by atoms with E-state index in [1.165, 1.54) is 21.3 Å². The molecule has 7 nitrogen and oxygen atoms in total. The molecule has 152 valence electrons. The van der Waals surface area contributed by atoms with Crippen molar-refractivity contribution in [2.45, 2.75) is 19.4 Å². The van der Waals surface area contributed by atoms with Crippen LogP contribution < -0.4 is 11.0 Å². The molecule has 0 aliphatic heterocycles. The number of benzene rings is 2. The molecule has 0 aliphatic carbocycles. The monoisotopic (exact) mass is 399 g/mol. The Kier molecular flexibility index (Phi) is 6.43. The van der Waals surface area contributed by atoms with E-state index >= 15 is 0 Å². The summed E-state index contributed by atoms with van der Waals surface area (Å²) < 4.78 is 20.9. The van der Waals surface area contributed by atoms with Crippen molar-refractivity contribution >= 4 is 22.9 Å². The van der Waals surface area contributed by atoms with Crippen LogP contribution in [0.15, 0.2) is 53.3 Å². The summed E-state index contributed by atoms with van der Waals surface area (Å²) in [5.41, 5.74) is 2.21. The Morgan fingerprint density at radius 2 is 1.76 bits per heavy atom. The van der Waals surface area contributed by atoms with Crippen molar-refractivity contribution in [3.05, 3.63) is 70.4 Å². The molecule has 0 unspecified atom stereocenters. The van der Waals surface area contributed by atoms with Gasteiger partial charge in [0.2, 0.25) is 0 Å². The summed E-state index contributed by atoms with van der Waals surface area (Å²) in [6.07, 6.45) is 0.529. The number of ether oxygens (including phenoxy) is 1. The second-order valence-corrected chi connectivity index (χ2v) is 6.62. The maximum atomic E-state index is 12.8. The lowest BCUT2D eigenvalue weighted by Gasteiger charge is -2.07. The summed E-state index contributed by atoms with van der Waals surface area (Å²) in [4.78, 5) is 36.0. The number of esters is 1. The van der Waals surface area contributed by atoms with E-state index in [4.69, 9.17) is 4.74 Å². The molecule has 8 heteroatoms. The van der Waals surface area contributed by atoms with Crippen LogP contribution in [0, 0.1) is 5.82 Å². The molecule has 1 heterocycles. The molecule has 2 aromatic carbocycles. The average Bonchev–Trinajstić information content (AvgIpc) is 2.97. The van der Waals surface area contributed by atoms with Gasteiger partial charge in [-0.3, -0.25) is 18.7 Å².